The summed E-state index contributed by atoms with van der Waals surface area (Å²) in [5, 5.41) is 12.6. The number of carbonyl (C=O) groups excluding carboxylic acids is 1. The standard InChI is InChI=1S/C13H24N2O2/c1-8(15(2)3)13(17)14-12-10-5-4-9(6-10)11(12)7-16/h8-12,16H,4-7H2,1-3H3,(H,14,17)/t8-,9?,10?,11?,12?/m0/s1. The second kappa shape index (κ2) is 4.94. The molecule has 0 aromatic heterocycles. The maximum Gasteiger partial charge on any atom is 0.237 e. The van der Waals surface area contributed by atoms with E-state index in [2.05, 4.69) is 5.32 Å². The van der Waals surface area contributed by atoms with Gasteiger partial charge in [-0.15, -0.1) is 0 Å². The number of hydrogen-bond donors (Lipinski definition) is 2. The number of fused-ring (bicyclic) bond motifs is 2. The molecule has 2 fully saturated rings. The number of aliphatic hydroxyl groups is 1. The molecule has 2 bridgehead atoms. The van der Waals surface area contributed by atoms with E-state index >= 15 is 0 Å². The van der Waals surface area contributed by atoms with E-state index in [9.17, 15) is 9.90 Å². The molecule has 98 valence electrons. The molecular weight excluding hydrogens is 216 g/mol. The van der Waals surface area contributed by atoms with Crippen molar-refractivity contribution in [2.24, 2.45) is 17.8 Å². The van der Waals surface area contributed by atoms with Gasteiger partial charge in [0.25, 0.3) is 0 Å². The van der Waals surface area contributed by atoms with Gasteiger partial charge in [-0.1, -0.05) is 0 Å². The number of aliphatic hydroxyl groups excluding tert-OH is 1. The van der Waals surface area contributed by atoms with Gasteiger partial charge in [-0.3, -0.25) is 9.69 Å². The summed E-state index contributed by atoms with van der Waals surface area (Å²) >= 11 is 0. The van der Waals surface area contributed by atoms with Gasteiger partial charge in [-0.25, -0.2) is 0 Å². The van der Waals surface area contributed by atoms with Gasteiger partial charge in [0, 0.05) is 18.6 Å². The van der Waals surface area contributed by atoms with Crippen molar-refractivity contribution >= 4 is 5.91 Å². The molecule has 1 amide bonds. The minimum Gasteiger partial charge on any atom is -0.396 e. The maximum absolute atomic E-state index is 12.0. The zero-order valence-corrected chi connectivity index (χ0v) is 11.0. The van der Waals surface area contributed by atoms with Crippen LogP contribution in [0, 0.1) is 17.8 Å². The van der Waals surface area contributed by atoms with Gasteiger partial charge < -0.3 is 10.4 Å². The lowest BCUT2D eigenvalue weighted by Crippen LogP contribution is -2.50. The van der Waals surface area contributed by atoms with Crippen LogP contribution in [0.15, 0.2) is 0 Å². The van der Waals surface area contributed by atoms with E-state index in [1.165, 1.54) is 19.3 Å². The van der Waals surface area contributed by atoms with E-state index in [4.69, 9.17) is 0 Å². The van der Waals surface area contributed by atoms with Crippen LogP contribution in [0.5, 0.6) is 0 Å². The summed E-state index contributed by atoms with van der Waals surface area (Å²) < 4.78 is 0. The first-order valence-electron chi connectivity index (χ1n) is 6.62. The number of nitrogens with zero attached hydrogens (tertiary/aromatic N) is 1. The lowest BCUT2D eigenvalue weighted by Gasteiger charge is -2.32. The van der Waals surface area contributed by atoms with Crippen LogP contribution in [0.25, 0.3) is 0 Å². The highest BCUT2D eigenvalue weighted by Crippen LogP contribution is 2.48. The van der Waals surface area contributed by atoms with Crippen LogP contribution in [0.3, 0.4) is 0 Å². The fourth-order valence-corrected chi connectivity index (χ4v) is 3.42. The number of hydrogen-bond acceptors (Lipinski definition) is 3. The zero-order valence-electron chi connectivity index (χ0n) is 11.0. The number of amides is 1. The van der Waals surface area contributed by atoms with E-state index in [-0.39, 0.29) is 30.5 Å². The van der Waals surface area contributed by atoms with Crippen LogP contribution in [0.4, 0.5) is 0 Å². The van der Waals surface area contributed by atoms with Gasteiger partial charge >= 0.3 is 0 Å². The summed E-state index contributed by atoms with van der Waals surface area (Å²) in [4.78, 5) is 14.0. The van der Waals surface area contributed by atoms with Crippen molar-refractivity contribution in [2.45, 2.75) is 38.3 Å². The van der Waals surface area contributed by atoms with E-state index < -0.39 is 0 Å². The number of carbonyl (C=O) groups is 1. The van der Waals surface area contributed by atoms with Crippen molar-refractivity contribution in [3.63, 3.8) is 0 Å². The Balaban J connectivity index is 1.96. The van der Waals surface area contributed by atoms with Gasteiger partial charge in [-0.2, -0.15) is 0 Å². The third-order valence-electron chi connectivity index (χ3n) is 4.76. The predicted molar refractivity (Wildman–Crippen MR) is 66.5 cm³/mol. The molecule has 5 atom stereocenters. The van der Waals surface area contributed by atoms with E-state index in [1.54, 1.807) is 0 Å². The summed E-state index contributed by atoms with van der Waals surface area (Å²) in [5.41, 5.74) is 0. The SMILES string of the molecule is C[C@@H](C(=O)NC1C2CCC(C2)C1CO)N(C)C. The van der Waals surface area contributed by atoms with Crippen molar-refractivity contribution in [3.8, 4) is 0 Å². The minimum absolute atomic E-state index is 0.0889. The van der Waals surface area contributed by atoms with Crippen molar-refractivity contribution in [1.82, 2.24) is 10.2 Å². The smallest absolute Gasteiger partial charge is 0.237 e. The van der Waals surface area contributed by atoms with Crippen LogP contribution in [0.2, 0.25) is 0 Å². The molecule has 0 spiro atoms. The number of rotatable bonds is 4. The Morgan fingerprint density at radius 1 is 1.41 bits per heavy atom. The largest absolute Gasteiger partial charge is 0.396 e. The summed E-state index contributed by atoms with van der Waals surface area (Å²) in [5.74, 6) is 1.60. The minimum atomic E-state index is -0.103. The van der Waals surface area contributed by atoms with E-state index in [0.29, 0.717) is 11.8 Å². The fraction of sp³-hybridized carbons (Fsp3) is 0.923. The van der Waals surface area contributed by atoms with Crippen molar-refractivity contribution in [3.05, 3.63) is 0 Å². The molecule has 2 aliphatic rings. The van der Waals surface area contributed by atoms with Gasteiger partial charge in [0.2, 0.25) is 5.91 Å². The summed E-state index contributed by atoms with van der Waals surface area (Å²) in [6.07, 6.45) is 3.63. The lowest BCUT2D eigenvalue weighted by molar-refractivity contribution is -0.126. The highest BCUT2D eigenvalue weighted by Gasteiger charge is 2.47. The lowest BCUT2D eigenvalue weighted by atomic mass is 9.85. The fourth-order valence-electron chi connectivity index (χ4n) is 3.42. The summed E-state index contributed by atoms with van der Waals surface area (Å²) in [7, 11) is 3.82. The molecule has 2 N–H and O–H groups in total. The molecule has 0 aromatic carbocycles. The molecular formula is C13H24N2O2. The quantitative estimate of drug-likeness (QED) is 0.750. The Labute approximate surface area is 103 Å². The van der Waals surface area contributed by atoms with E-state index in [0.717, 1.165) is 0 Å². The first kappa shape index (κ1) is 12.8. The Morgan fingerprint density at radius 2 is 2.06 bits per heavy atom. The summed E-state index contributed by atoms with van der Waals surface area (Å²) in [6.45, 7) is 2.12. The predicted octanol–water partition coefficient (Wildman–Crippen LogP) is 0.460. The Morgan fingerprint density at radius 3 is 2.65 bits per heavy atom. The van der Waals surface area contributed by atoms with Crippen molar-refractivity contribution in [1.29, 1.82) is 0 Å². The molecule has 2 saturated carbocycles. The van der Waals surface area contributed by atoms with E-state index in [1.807, 2.05) is 25.9 Å². The molecule has 0 aromatic rings. The average Bonchev–Trinajstić information content (AvgIpc) is 2.88. The molecule has 0 saturated heterocycles. The first-order valence-corrected chi connectivity index (χ1v) is 6.62. The molecule has 2 rings (SSSR count). The van der Waals surface area contributed by atoms with Gasteiger partial charge in [0.15, 0.2) is 0 Å². The second-order valence-corrected chi connectivity index (χ2v) is 5.85. The molecule has 4 heteroatoms. The second-order valence-electron chi connectivity index (χ2n) is 5.85. The topological polar surface area (TPSA) is 52.6 Å². The van der Waals surface area contributed by atoms with Crippen LogP contribution < -0.4 is 5.32 Å². The number of nitrogens with one attached hydrogen (secondary N) is 1. The average molecular weight is 240 g/mol. The Kier molecular flexibility index (Phi) is 3.73. The normalized spacial score (nSPS) is 37.5. The molecule has 17 heavy (non-hydrogen) atoms. The third kappa shape index (κ3) is 2.33. The highest BCUT2D eigenvalue weighted by molar-refractivity contribution is 5.81. The van der Waals surface area contributed by atoms with Crippen LogP contribution in [0.1, 0.15) is 26.2 Å². The maximum atomic E-state index is 12.0. The van der Waals surface area contributed by atoms with Gasteiger partial charge in [0.1, 0.15) is 0 Å². The number of likely N-dealkylation sites (N-methyl/N-ethyl adjacent to an activating group) is 1. The Hall–Kier alpha value is -0.610. The van der Waals surface area contributed by atoms with Crippen LogP contribution >= 0.6 is 0 Å². The molecule has 0 aliphatic heterocycles. The van der Waals surface area contributed by atoms with Gasteiger partial charge in [0.05, 0.1) is 6.04 Å². The Bertz CT molecular complexity index is 293. The molecule has 0 radical (unpaired) electrons. The molecule has 4 unspecified atom stereocenters. The molecule has 0 heterocycles. The third-order valence-corrected chi connectivity index (χ3v) is 4.76. The van der Waals surface area contributed by atoms with Crippen LogP contribution in [-0.2, 0) is 4.79 Å². The first-order chi connectivity index (χ1) is 8.04. The zero-order chi connectivity index (χ0) is 12.6. The van der Waals surface area contributed by atoms with Crippen LogP contribution in [-0.4, -0.2) is 48.7 Å². The highest BCUT2D eigenvalue weighted by atomic mass is 16.3. The monoisotopic (exact) mass is 240 g/mol. The van der Waals surface area contributed by atoms with Crippen molar-refractivity contribution in [2.75, 3.05) is 20.7 Å². The van der Waals surface area contributed by atoms with Crippen molar-refractivity contribution < 1.29 is 9.90 Å². The molecule has 2 aliphatic carbocycles. The summed E-state index contributed by atoms with van der Waals surface area (Å²) in [6, 6.07) is 0.0992. The molecule has 4 nitrogen and oxygen atoms in total. The van der Waals surface area contributed by atoms with Gasteiger partial charge in [-0.05, 0) is 52.1 Å².